The van der Waals surface area contributed by atoms with Crippen LogP contribution in [0.4, 0.5) is 0 Å². The Morgan fingerprint density at radius 3 is 2.12 bits per heavy atom. The highest BCUT2D eigenvalue weighted by Gasteiger charge is 2.27. The molecule has 4 heteroatoms. The van der Waals surface area contributed by atoms with Gasteiger partial charge in [0, 0.05) is 37.3 Å². The maximum Gasteiger partial charge on any atom is 0.140 e. The number of ether oxygens (including phenoxy) is 1. The third-order valence-corrected chi connectivity index (χ3v) is 8.42. The molecule has 4 aromatic carbocycles. The lowest BCUT2D eigenvalue weighted by Gasteiger charge is -2.33. The lowest BCUT2D eigenvalue weighted by Crippen LogP contribution is -2.32. The van der Waals surface area contributed by atoms with E-state index in [1.165, 1.54) is 22.4 Å². The SMILES string of the molecule is CCCCn1c(-c2ccccc2)nc(-c2ccccc2)c1CN(Cc1ccccc1)Cc1ccc2c(c1)CCC(C)(C)O2. The van der Waals surface area contributed by atoms with Crippen molar-refractivity contribution in [3.63, 3.8) is 0 Å². The van der Waals surface area contributed by atoms with Crippen LogP contribution in [-0.2, 0) is 32.6 Å². The van der Waals surface area contributed by atoms with Crippen molar-refractivity contribution < 1.29 is 4.74 Å². The van der Waals surface area contributed by atoms with Gasteiger partial charge in [-0.3, -0.25) is 4.90 Å². The van der Waals surface area contributed by atoms with Crippen molar-refractivity contribution in [1.29, 1.82) is 0 Å². The number of benzene rings is 4. The standard InChI is InChI=1S/C39H43N3O/c1-4-5-25-42-35(37(32-17-11-7-12-18-32)40-38(42)33-19-13-8-14-20-33)29-41(27-30-15-9-6-10-16-30)28-31-21-22-36-34(26-31)23-24-39(2,3)43-36/h6-22,26H,4-5,23-25,27-29H2,1-3H3. The molecule has 220 valence electrons. The minimum absolute atomic E-state index is 0.102. The summed E-state index contributed by atoms with van der Waals surface area (Å²) in [5, 5.41) is 0. The number of fused-ring (bicyclic) bond motifs is 1. The summed E-state index contributed by atoms with van der Waals surface area (Å²) in [7, 11) is 0. The molecule has 43 heavy (non-hydrogen) atoms. The molecule has 1 aromatic heterocycles. The molecule has 0 aliphatic carbocycles. The summed E-state index contributed by atoms with van der Waals surface area (Å²) < 4.78 is 8.80. The minimum Gasteiger partial charge on any atom is -0.488 e. The third kappa shape index (κ3) is 6.92. The van der Waals surface area contributed by atoms with Crippen molar-refractivity contribution in [3.05, 3.63) is 132 Å². The molecule has 0 unspecified atom stereocenters. The zero-order valence-electron chi connectivity index (χ0n) is 25.8. The summed E-state index contributed by atoms with van der Waals surface area (Å²) in [6.45, 7) is 10.1. The molecule has 2 heterocycles. The molecule has 6 rings (SSSR count). The van der Waals surface area contributed by atoms with Crippen LogP contribution in [0.15, 0.2) is 109 Å². The molecule has 5 aromatic rings. The Labute approximate surface area is 257 Å². The molecule has 0 amide bonds. The van der Waals surface area contributed by atoms with Crippen LogP contribution in [0.25, 0.3) is 22.6 Å². The van der Waals surface area contributed by atoms with Crippen LogP contribution in [0.1, 0.15) is 62.4 Å². The van der Waals surface area contributed by atoms with Gasteiger partial charge in [-0.15, -0.1) is 0 Å². The van der Waals surface area contributed by atoms with Crippen LogP contribution in [0.5, 0.6) is 5.75 Å². The Hall–Kier alpha value is -4.15. The second-order valence-corrected chi connectivity index (χ2v) is 12.4. The summed E-state index contributed by atoms with van der Waals surface area (Å²) >= 11 is 0. The molecule has 4 nitrogen and oxygen atoms in total. The van der Waals surface area contributed by atoms with E-state index in [1.54, 1.807) is 0 Å². The highest BCUT2D eigenvalue weighted by atomic mass is 16.5. The molecular formula is C39H43N3O. The van der Waals surface area contributed by atoms with Crippen molar-refractivity contribution in [3.8, 4) is 28.4 Å². The fourth-order valence-corrected chi connectivity index (χ4v) is 6.13. The molecule has 0 radical (unpaired) electrons. The van der Waals surface area contributed by atoms with E-state index in [1.807, 2.05) is 0 Å². The van der Waals surface area contributed by atoms with Crippen LogP contribution in [0, 0.1) is 0 Å². The topological polar surface area (TPSA) is 30.3 Å². The van der Waals surface area contributed by atoms with Gasteiger partial charge in [-0.05, 0) is 55.9 Å². The van der Waals surface area contributed by atoms with Gasteiger partial charge in [-0.25, -0.2) is 4.98 Å². The predicted molar refractivity (Wildman–Crippen MR) is 177 cm³/mol. The van der Waals surface area contributed by atoms with E-state index < -0.39 is 0 Å². The first-order chi connectivity index (χ1) is 21.0. The van der Waals surface area contributed by atoms with Crippen molar-refractivity contribution in [1.82, 2.24) is 14.5 Å². The van der Waals surface area contributed by atoms with Gasteiger partial charge in [0.2, 0.25) is 0 Å². The Morgan fingerprint density at radius 2 is 1.42 bits per heavy atom. The fraction of sp³-hybridized carbons (Fsp3) is 0.308. The molecule has 0 bridgehead atoms. The number of imidazole rings is 1. The lowest BCUT2D eigenvalue weighted by molar-refractivity contribution is 0.0845. The van der Waals surface area contributed by atoms with Crippen molar-refractivity contribution in [2.24, 2.45) is 0 Å². The van der Waals surface area contributed by atoms with Gasteiger partial charge < -0.3 is 9.30 Å². The fourth-order valence-electron chi connectivity index (χ4n) is 6.13. The molecule has 0 saturated heterocycles. The number of aromatic nitrogens is 2. The van der Waals surface area contributed by atoms with E-state index >= 15 is 0 Å². The lowest BCUT2D eigenvalue weighted by atomic mass is 9.93. The maximum absolute atomic E-state index is 6.31. The zero-order valence-corrected chi connectivity index (χ0v) is 25.8. The number of hydrogen-bond donors (Lipinski definition) is 0. The maximum atomic E-state index is 6.31. The average Bonchev–Trinajstić information content (AvgIpc) is 3.38. The van der Waals surface area contributed by atoms with Crippen LogP contribution in [0.2, 0.25) is 0 Å². The number of aryl methyl sites for hydroxylation is 1. The molecule has 0 atom stereocenters. The Bertz CT molecular complexity index is 1620. The van der Waals surface area contributed by atoms with Crippen molar-refractivity contribution in [2.45, 2.75) is 78.2 Å². The highest BCUT2D eigenvalue weighted by molar-refractivity contribution is 5.68. The Kier molecular flexibility index (Phi) is 8.76. The minimum atomic E-state index is -0.102. The second-order valence-electron chi connectivity index (χ2n) is 12.4. The second kappa shape index (κ2) is 13.0. The molecule has 0 N–H and O–H groups in total. The van der Waals surface area contributed by atoms with E-state index in [0.717, 1.165) is 80.3 Å². The van der Waals surface area contributed by atoms with E-state index in [-0.39, 0.29) is 5.60 Å². The van der Waals surface area contributed by atoms with Gasteiger partial charge in [0.15, 0.2) is 0 Å². The number of hydrogen-bond acceptors (Lipinski definition) is 3. The quantitative estimate of drug-likeness (QED) is 0.159. The summed E-state index contributed by atoms with van der Waals surface area (Å²) in [4.78, 5) is 7.94. The van der Waals surface area contributed by atoms with E-state index in [2.05, 4.69) is 139 Å². The number of unbranched alkanes of at least 4 members (excludes halogenated alkanes) is 1. The third-order valence-electron chi connectivity index (χ3n) is 8.42. The smallest absolute Gasteiger partial charge is 0.140 e. The Balaban J connectivity index is 1.41. The summed E-state index contributed by atoms with van der Waals surface area (Å²) in [5.74, 6) is 2.09. The van der Waals surface area contributed by atoms with Gasteiger partial charge in [-0.2, -0.15) is 0 Å². The van der Waals surface area contributed by atoms with Gasteiger partial charge in [0.25, 0.3) is 0 Å². The van der Waals surface area contributed by atoms with Gasteiger partial charge >= 0.3 is 0 Å². The van der Waals surface area contributed by atoms with Crippen LogP contribution < -0.4 is 4.74 Å². The number of nitrogens with zero attached hydrogens (tertiary/aromatic N) is 3. The molecule has 0 spiro atoms. The van der Waals surface area contributed by atoms with Crippen molar-refractivity contribution in [2.75, 3.05) is 0 Å². The van der Waals surface area contributed by atoms with Crippen LogP contribution in [0.3, 0.4) is 0 Å². The summed E-state index contributed by atoms with van der Waals surface area (Å²) in [6.07, 6.45) is 4.33. The first-order valence-corrected chi connectivity index (χ1v) is 15.8. The van der Waals surface area contributed by atoms with Gasteiger partial charge in [-0.1, -0.05) is 116 Å². The summed E-state index contributed by atoms with van der Waals surface area (Å²) in [5.41, 5.74) is 8.53. The van der Waals surface area contributed by atoms with Crippen LogP contribution >= 0.6 is 0 Å². The van der Waals surface area contributed by atoms with Crippen molar-refractivity contribution >= 4 is 0 Å². The number of rotatable bonds is 11. The largest absolute Gasteiger partial charge is 0.488 e. The molecule has 1 aliphatic rings. The monoisotopic (exact) mass is 569 g/mol. The molecule has 1 aliphatic heterocycles. The van der Waals surface area contributed by atoms with E-state index in [0.29, 0.717) is 0 Å². The first kappa shape index (κ1) is 28.9. The molecular weight excluding hydrogens is 526 g/mol. The van der Waals surface area contributed by atoms with Gasteiger partial charge in [0.05, 0.1) is 11.4 Å². The highest BCUT2D eigenvalue weighted by Crippen LogP contribution is 2.35. The molecule has 0 saturated carbocycles. The van der Waals surface area contributed by atoms with E-state index in [9.17, 15) is 0 Å². The predicted octanol–water partition coefficient (Wildman–Crippen LogP) is 9.32. The van der Waals surface area contributed by atoms with Gasteiger partial charge in [0.1, 0.15) is 17.2 Å². The normalized spacial score (nSPS) is 14.0. The Morgan fingerprint density at radius 1 is 0.767 bits per heavy atom. The molecule has 0 fully saturated rings. The van der Waals surface area contributed by atoms with E-state index in [4.69, 9.17) is 9.72 Å². The zero-order chi connectivity index (χ0) is 29.6. The summed E-state index contributed by atoms with van der Waals surface area (Å²) in [6, 6.07) is 39.0. The first-order valence-electron chi connectivity index (χ1n) is 15.8. The van der Waals surface area contributed by atoms with Crippen LogP contribution in [-0.4, -0.2) is 20.1 Å². The average molecular weight is 570 g/mol.